The Kier molecular flexibility index (Phi) is 7.23. The summed E-state index contributed by atoms with van der Waals surface area (Å²) in [4.78, 5) is 40.5. The van der Waals surface area contributed by atoms with Crippen molar-refractivity contribution in [1.82, 2.24) is 19.7 Å². The van der Waals surface area contributed by atoms with E-state index in [0.29, 0.717) is 5.56 Å². The molecule has 2 N–H and O–H groups in total. The molecule has 1 aliphatic heterocycles. The van der Waals surface area contributed by atoms with Gasteiger partial charge in [-0.3, -0.25) is 25.1 Å². The molecule has 0 spiro atoms. The van der Waals surface area contributed by atoms with Crippen molar-refractivity contribution in [2.75, 3.05) is 6.54 Å². The van der Waals surface area contributed by atoms with Crippen LogP contribution in [-0.2, 0) is 21.9 Å². The van der Waals surface area contributed by atoms with Crippen molar-refractivity contribution < 1.29 is 22.9 Å². The fraction of sp³-hybridized carbons (Fsp3) is 0.125. The number of nitro benzene ring substituents is 1. The normalized spacial score (nSPS) is 14.5. The van der Waals surface area contributed by atoms with E-state index in [1.807, 2.05) is 79.5 Å². The van der Waals surface area contributed by atoms with Crippen molar-refractivity contribution >= 4 is 38.4 Å². The minimum atomic E-state index is -4.25. The first-order chi connectivity index (χ1) is 21.1. The maximum atomic E-state index is 13.8. The quantitative estimate of drug-likeness (QED) is 0.194. The number of hydrazine groups is 1. The van der Waals surface area contributed by atoms with Gasteiger partial charge < -0.3 is 9.47 Å². The van der Waals surface area contributed by atoms with E-state index in [0.717, 1.165) is 63.1 Å². The van der Waals surface area contributed by atoms with Crippen LogP contribution in [0.15, 0.2) is 102 Å². The Morgan fingerprint density at radius 1 is 0.932 bits per heavy atom. The lowest BCUT2D eigenvalue weighted by molar-refractivity contribution is -0.384. The predicted molar refractivity (Wildman–Crippen MR) is 164 cm³/mol. The Balaban J connectivity index is 1.37. The minimum Gasteiger partial charge on any atom is -0.343 e. The lowest BCUT2D eigenvalue weighted by Crippen LogP contribution is -2.47. The number of amides is 2. The van der Waals surface area contributed by atoms with Gasteiger partial charge in [-0.05, 0) is 42.3 Å². The number of carbonyl (C=O) groups is 2. The number of para-hydroxylation sites is 1. The molecule has 222 valence electrons. The lowest BCUT2D eigenvalue weighted by atomic mass is 9.93. The van der Waals surface area contributed by atoms with Crippen molar-refractivity contribution in [2.24, 2.45) is 7.05 Å². The average molecular weight is 610 g/mol. The molecule has 1 unspecified atom stereocenters. The first-order valence-electron chi connectivity index (χ1n) is 13.7. The predicted octanol–water partition coefficient (Wildman–Crippen LogP) is 4.62. The standard InChI is InChI=1S/C32H27N5O6S/c1-20-11-13-21(14-12-20)30-29(26-9-5-6-10-27(26)35(30)2)31-24-7-3-4-8-25(24)32(39)36(31)19-28(38)33-34-44(42,43)23-17-15-22(16-18-23)37(40)41/h3-18,31,34H,19H2,1-2H3,(H,33,38). The number of benzene rings is 4. The third-order valence-electron chi connectivity index (χ3n) is 7.80. The van der Waals surface area contributed by atoms with Crippen LogP contribution in [0.4, 0.5) is 5.69 Å². The number of non-ortho nitro benzene ring substituents is 1. The lowest BCUT2D eigenvalue weighted by Gasteiger charge is -2.26. The highest BCUT2D eigenvalue weighted by molar-refractivity contribution is 7.89. The molecule has 4 aromatic carbocycles. The van der Waals surface area contributed by atoms with Gasteiger partial charge in [0.05, 0.1) is 21.6 Å². The first-order valence-corrected chi connectivity index (χ1v) is 15.1. The molecule has 6 rings (SSSR count). The molecule has 44 heavy (non-hydrogen) atoms. The van der Waals surface area contributed by atoms with Crippen molar-refractivity contribution in [1.29, 1.82) is 0 Å². The third-order valence-corrected chi connectivity index (χ3v) is 9.06. The van der Waals surface area contributed by atoms with Gasteiger partial charge in [-0.1, -0.05) is 66.2 Å². The molecule has 11 nitrogen and oxygen atoms in total. The van der Waals surface area contributed by atoms with Crippen LogP contribution in [0.3, 0.4) is 0 Å². The largest absolute Gasteiger partial charge is 0.343 e. The molecule has 0 saturated heterocycles. The number of fused-ring (bicyclic) bond motifs is 2. The molecule has 2 amide bonds. The highest BCUT2D eigenvalue weighted by Crippen LogP contribution is 2.46. The number of rotatable bonds is 8. The van der Waals surface area contributed by atoms with Crippen LogP contribution in [0.25, 0.3) is 22.2 Å². The summed E-state index contributed by atoms with van der Waals surface area (Å²) >= 11 is 0. The van der Waals surface area contributed by atoms with Crippen LogP contribution in [-0.4, -0.2) is 41.2 Å². The van der Waals surface area contributed by atoms with Gasteiger partial charge >= 0.3 is 0 Å². The second kappa shape index (κ2) is 11.1. The molecule has 0 saturated carbocycles. The number of aromatic nitrogens is 1. The minimum absolute atomic E-state index is 0.274. The highest BCUT2D eigenvalue weighted by Gasteiger charge is 2.41. The van der Waals surface area contributed by atoms with Crippen molar-refractivity contribution in [3.8, 4) is 11.3 Å². The van der Waals surface area contributed by atoms with E-state index in [1.54, 1.807) is 12.1 Å². The Morgan fingerprint density at radius 2 is 1.59 bits per heavy atom. The number of carbonyl (C=O) groups excluding carboxylic acids is 2. The van der Waals surface area contributed by atoms with Crippen LogP contribution in [0.1, 0.15) is 33.1 Å². The van der Waals surface area contributed by atoms with Gasteiger partial charge in [-0.15, -0.1) is 4.83 Å². The fourth-order valence-electron chi connectivity index (χ4n) is 5.73. The van der Waals surface area contributed by atoms with Crippen LogP contribution in [0, 0.1) is 17.0 Å². The summed E-state index contributed by atoms with van der Waals surface area (Å²) < 4.78 is 27.6. The van der Waals surface area contributed by atoms with Gasteiger partial charge in [0.2, 0.25) is 0 Å². The van der Waals surface area contributed by atoms with Crippen LogP contribution in [0.5, 0.6) is 0 Å². The molecule has 0 radical (unpaired) electrons. The number of hydrogen-bond acceptors (Lipinski definition) is 6. The number of aryl methyl sites for hydroxylation is 2. The van der Waals surface area contributed by atoms with Gasteiger partial charge in [0, 0.05) is 41.2 Å². The van der Waals surface area contributed by atoms with E-state index in [4.69, 9.17) is 0 Å². The molecule has 1 aromatic heterocycles. The summed E-state index contributed by atoms with van der Waals surface area (Å²) in [6.45, 7) is 1.56. The second-order valence-corrected chi connectivity index (χ2v) is 12.2. The summed E-state index contributed by atoms with van der Waals surface area (Å²) in [6.07, 6.45) is 0. The molecule has 2 heterocycles. The summed E-state index contributed by atoms with van der Waals surface area (Å²) in [7, 11) is -2.28. The van der Waals surface area contributed by atoms with E-state index in [1.165, 1.54) is 4.90 Å². The van der Waals surface area contributed by atoms with Crippen molar-refractivity contribution in [3.05, 3.63) is 129 Å². The van der Waals surface area contributed by atoms with E-state index in [-0.39, 0.29) is 16.5 Å². The van der Waals surface area contributed by atoms with E-state index >= 15 is 0 Å². The molecule has 1 atom stereocenters. The summed E-state index contributed by atoms with van der Waals surface area (Å²) in [5.41, 5.74) is 7.86. The Bertz CT molecular complexity index is 2050. The van der Waals surface area contributed by atoms with Crippen molar-refractivity contribution in [3.63, 3.8) is 0 Å². The van der Waals surface area contributed by atoms with Crippen LogP contribution >= 0.6 is 0 Å². The Labute approximate surface area is 252 Å². The van der Waals surface area contributed by atoms with E-state index in [2.05, 4.69) is 9.99 Å². The summed E-state index contributed by atoms with van der Waals surface area (Å²) in [5.74, 6) is -1.12. The van der Waals surface area contributed by atoms with Crippen LogP contribution < -0.4 is 10.3 Å². The summed E-state index contributed by atoms with van der Waals surface area (Å²) in [5, 5.41) is 11.8. The van der Waals surface area contributed by atoms with E-state index in [9.17, 15) is 28.1 Å². The molecule has 0 fully saturated rings. The number of nitrogens with zero attached hydrogens (tertiary/aromatic N) is 3. The second-order valence-electron chi connectivity index (χ2n) is 10.5. The number of nitrogens with one attached hydrogen (secondary N) is 2. The Hall–Kier alpha value is -5.33. The first kappa shape index (κ1) is 28.8. The van der Waals surface area contributed by atoms with Gasteiger partial charge in [0.15, 0.2) is 0 Å². The monoisotopic (exact) mass is 609 g/mol. The highest BCUT2D eigenvalue weighted by atomic mass is 32.2. The van der Waals surface area contributed by atoms with Gasteiger partial charge in [0.25, 0.3) is 27.5 Å². The molecule has 5 aromatic rings. The topological polar surface area (TPSA) is 144 Å². The number of sulfonamides is 1. The molecule has 12 heteroatoms. The smallest absolute Gasteiger partial charge is 0.269 e. The maximum Gasteiger partial charge on any atom is 0.269 e. The number of hydrogen-bond donors (Lipinski definition) is 2. The molecular weight excluding hydrogens is 582 g/mol. The molecule has 1 aliphatic rings. The molecule has 0 aliphatic carbocycles. The van der Waals surface area contributed by atoms with Crippen LogP contribution in [0.2, 0.25) is 0 Å². The Morgan fingerprint density at radius 3 is 2.30 bits per heavy atom. The van der Waals surface area contributed by atoms with Gasteiger partial charge in [-0.2, -0.15) is 0 Å². The van der Waals surface area contributed by atoms with E-state index < -0.39 is 33.4 Å². The van der Waals surface area contributed by atoms with Crippen molar-refractivity contribution in [2.45, 2.75) is 17.9 Å². The average Bonchev–Trinajstić information content (AvgIpc) is 3.46. The fourth-order valence-corrected chi connectivity index (χ4v) is 6.59. The zero-order valence-electron chi connectivity index (χ0n) is 23.7. The zero-order chi connectivity index (χ0) is 31.2. The zero-order valence-corrected chi connectivity index (χ0v) is 24.5. The molecular formula is C32H27N5O6S. The van der Waals surface area contributed by atoms with Gasteiger partial charge in [-0.25, -0.2) is 8.42 Å². The third kappa shape index (κ3) is 4.99. The number of nitro groups is 1. The maximum absolute atomic E-state index is 13.8. The van der Waals surface area contributed by atoms with Gasteiger partial charge in [0.1, 0.15) is 6.54 Å². The molecule has 0 bridgehead atoms. The summed E-state index contributed by atoms with van der Waals surface area (Å²) in [6, 6.07) is 26.8. The SMILES string of the molecule is Cc1ccc(-c2c(C3c4ccccc4C(=O)N3CC(=O)NNS(=O)(=O)c3ccc([N+](=O)[O-])cc3)c3ccccc3n2C)cc1.